The van der Waals surface area contributed by atoms with Crippen LogP contribution in [-0.4, -0.2) is 12.5 Å². The average Bonchev–Trinajstić information content (AvgIpc) is 2.88. The average molecular weight is 309 g/mol. The van der Waals surface area contributed by atoms with E-state index in [2.05, 4.69) is 26.6 Å². The molecule has 0 unspecified atom stereocenters. The second-order valence-corrected chi connectivity index (χ2v) is 4.54. The maximum Gasteiger partial charge on any atom is 0.239 e. The number of hydrogen-bond acceptors (Lipinski definition) is 3. The van der Waals surface area contributed by atoms with Gasteiger partial charge in [-0.2, -0.15) is 0 Å². The van der Waals surface area contributed by atoms with Crippen LogP contribution in [-0.2, 0) is 11.3 Å². The summed E-state index contributed by atoms with van der Waals surface area (Å²) in [6.07, 6.45) is 1.58. The molecule has 0 saturated heterocycles. The van der Waals surface area contributed by atoms with Crippen molar-refractivity contribution in [2.24, 2.45) is 0 Å². The molecular weight excluding hydrogens is 296 g/mol. The number of carbonyl (C=O) groups excluding carboxylic acids is 1. The molecule has 2 aromatic rings. The molecule has 1 aromatic carbocycles. The van der Waals surface area contributed by atoms with Crippen LogP contribution >= 0.6 is 15.9 Å². The van der Waals surface area contributed by atoms with Crippen molar-refractivity contribution >= 4 is 27.5 Å². The van der Waals surface area contributed by atoms with E-state index < -0.39 is 0 Å². The molecule has 1 amide bonds. The highest BCUT2D eigenvalue weighted by atomic mass is 79.9. The van der Waals surface area contributed by atoms with E-state index in [4.69, 9.17) is 4.42 Å². The van der Waals surface area contributed by atoms with Gasteiger partial charge < -0.3 is 15.1 Å². The lowest BCUT2D eigenvalue weighted by Gasteiger charge is -2.08. The van der Waals surface area contributed by atoms with Crippen molar-refractivity contribution in [2.75, 3.05) is 11.9 Å². The van der Waals surface area contributed by atoms with Crippen LogP contribution in [0.2, 0.25) is 0 Å². The van der Waals surface area contributed by atoms with E-state index in [0.29, 0.717) is 6.54 Å². The van der Waals surface area contributed by atoms with Gasteiger partial charge in [-0.1, -0.05) is 12.1 Å². The van der Waals surface area contributed by atoms with Crippen LogP contribution in [0.4, 0.5) is 5.69 Å². The van der Waals surface area contributed by atoms with Gasteiger partial charge in [0.15, 0.2) is 0 Å². The van der Waals surface area contributed by atoms with E-state index in [9.17, 15) is 4.79 Å². The standard InChI is InChI=1S/C13H13BrN2O2/c14-11-5-1-2-6-12(11)15-9-13(17)16-8-10-4-3-7-18-10/h1-7,15H,8-9H2,(H,16,17). The van der Waals surface area contributed by atoms with Gasteiger partial charge in [0.05, 0.1) is 19.4 Å². The molecule has 0 atom stereocenters. The molecular formula is C13H13BrN2O2. The fourth-order valence-corrected chi connectivity index (χ4v) is 1.87. The highest BCUT2D eigenvalue weighted by Gasteiger charge is 2.03. The number of halogens is 1. The summed E-state index contributed by atoms with van der Waals surface area (Å²) in [4.78, 5) is 11.6. The number of hydrogen-bond donors (Lipinski definition) is 2. The summed E-state index contributed by atoms with van der Waals surface area (Å²) in [7, 11) is 0. The Morgan fingerprint density at radius 3 is 2.78 bits per heavy atom. The van der Waals surface area contributed by atoms with E-state index in [0.717, 1.165) is 15.9 Å². The van der Waals surface area contributed by atoms with Crippen LogP contribution < -0.4 is 10.6 Å². The first-order valence-corrected chi connectivity index (χ1v) is 6.32. The van der Waals surface area contributed by atoms with E-state index >= 15 is 0 Å². The van der Waals surface area contributed by atoms with Gasteiger partial charge in [-0.25, -0.2) is 0 Å². The number of rotatable bonds is 5. The fourth-order valence-electron chi connectivity index (χ4n) is 1.44. The molecule has 4 nitrogen and oxygen atoms in total. The molecule has 0 aliphatic carbocycles. The van der Waals surface area contributed by atoms with Crippen molar-refractivity contribution in [3.05, 3.63) is 52.9 Å². The van der Waals surface area contributed by atoms with Crippen molar-refractivity contribution in [3.8, 4) is 0 Å². The van der Waals surface area contributed by atoms with Gasteiger partial charge in [0.25, 0.3) is 0 Å². The Kier molecular flexibility index (Phi) is 4.41. The molecule has 0 bridgehead atoms. The summed E-state index contributed by atoms with van der Waals surface area (Å²) < 4.78 is 6.06. The molecule has 18 heavy (non-hydrogen) atoms. The first-order chi connectivity index (χ1) is 8.75. The van der Waals surface area contributed by atoms with Crippen molar-refractivity contribution in [1.29, 1.82) is 0 Å². The summed E-state index contributed by atoms with van der Waals surface area (Å²) >= 11 is 3.41. The first-order valence-electron chi connectivity index (χ1n) is 5.53. The third-order valence-corrected chi connectivity index (χ3v) is 3.04. The number of para-hydroxylation sites is 1. The second-order valence-electron chi connectivity index (χ2n) is 3.69. The summed E-state index contributed by atoms with van der Waals surface area (Å²) in [5.74, 6) is 0.659. The monoisotopic (exact) mass is 308 g/mol. The number of anilines is 1. The Hall–Kier alpha value is -1.75. The van der Waals surface area contributed by atoms with Crippen molar-refractivity contribution in [3.63, 3.8) is 0 Å². The van der Waals surface area contributed by atoms with Crippen LogP contribution in [0.1, 0.15) is 5.76 Å². The molecule has 2 N–H and O–H groups in total. The summed E-state index contributed by atoms with van der Waals surface area (Å²) in [5.41, 5.74) is 0.894. The van der Waals surface area contributed by atoms with Crippen LogP contribution in [0.25, 0.3) is 0 Å². The molecule has 1 heterocycles. The van der Waals surface area contributed by atoms with Crippen LogP contribution in [0.3, 0.4) is 0 Å². The molecule has 2 rings (SSSR count). The van der Waals surface area contributed by atoms with E-state index in [1.165, 1.54) is 0 Å². The summed E-state index contributed by atoms with van der Waals surface area (Å²) in [6.45, 7) is 0.632. The fraction of sp³-hybridized carbons (Fsp3) is 0.154. The number of carbonyl (C=O) groups is 1. The van der Waals surface area contributed by atoms with Crippen LogP contribution in [0, 0.1) is 0 Å². The van der Waals surface area contributed by atoms with Crippen LogP contribution in [0.5, 0.6) is 0 Å². The maximum absolute atomic E-state index is 11.6. The second kappa shape index (κ2) is 6.26. The highest BCUT2D eigenvalue weighted by Crippen LogP contribution is 2.20. The predicted molar refractivity (Wildman–Crippen MR) is 73.2 cm³/mol. The zero-order chi connectivity index (χ0) is 12.8. The van der Waals surface area contributed by atoms with Crippen molar-refractivity contribution in [1.82, 2.24) is 5.32 Å². The van der Waals surface area contributed by atoms with Gasteiger partial charge in [0.2, 0.25) is 5.91 Å². The predicted octanol–water partition coefficient (Wildman–Crippen LogP) is 2.77. The lowest BCUT2D eigenvalue weighted by Crippen LogP contribution is -2.29. The van der Waals surface area contributed by atoms with Crippen LogP contribution in [0.15, 0.2) is 51.6 Å². The van der Waals surface area contributed by atoms with Crippen molar-refractivity contribution < 1.29 is 9.21 Å². The first kappa shape index (κ1) is 12.7. The quantitative estimate of drug-likeness (QED) is 0.893. The molecule has 0 aliphatic heterocycles. The molecule has 5 heteroatoms. The normalized spacial score (nSPS) is 10.1. The molecule has 0 radical (unpaired) electrons. The van der Waals surface area contributed by atoms with Crippen molar-refractivity contribution in [2.45, 2.75) is 6.54 Å². The minimum Gasteiger partial charge on any atom is -0.467 e. The zero-order valence-corrected chi connectivity index (χ0v) is 11.2. The molecule has 1 aromatic heterocycles. The third-order valence-electron chi connectivity index (χ3n) is 2.35. The lowest BCUT2D eigenvalue weighted by molar-refractivity contribution is -0.119. The third kappa shape index (κ3) is 3.63. The van der Waals surface area contributed by atoms with Gasteiger partial charge in [-0.05, 0) is 40.2 Å². The molecule has 94 valence electrons. The zero-order valence-electron chi connectivity index (χ0n) is 9.65. The number of nitrogens with one attached hydrogen (secondary N) is 2. The Morgan fingerprint density at radius 2 is 2.06 bits per heavy atom. The minimum absolute atomic E-state index is 0.0813. The SMILES string of the molecule is O=C(CNc1ccccc1Br)NCc1ccco1. The molecule has 0 spiro atoms. The lowest BCUT2D eigenvalue weighted by atomic mass is 10.3. The largest absolute Gasteiger partial charge is 0.467 e. The van der Waals surface area contributed by atoms with Gasteiger partial charge in [-0.15, -0.1) is 0 Å². The Balaban J connectivity index is 1.77. The maximum atomic E-state index is 11.6. The topological polar surface area (TPSA) is 54.3 Å². The summed E-state index contributed by atoms with van der Waals surface area (Å²) in [5, 5.41) is 5.82. The number of amides is 1. The van der Waals surface area contributed by atoms with Gasteiger partial charge in [0, 0.05) is 10.2 Å². The Morgan fingerprint density at radius 1 is 1.22 bits per heavy atom. The van der Waals surface area contributed by atoms with Gasteiger partial charge in [-0.3, -0.25) is 4.79 Å². The summed E-state index contributed by atoms with van der Waals surface area (Å²) in [6, 6.07) is 11.3. The number of furan rings is 1. The molecule has 0 aliphatic rings. The van der Waals surface area contributed by atoms with E-state index in [1.54, 1.807) is 12.3 Å². The molecule has 0 fully saturated rings. The van der Waals surface area contributed by atoms with Gasteiger partial charge in [0.1, 0.15) is 5.76 Å². The number of benzene rings is 1. The minimum atomic E-state index is -0.0813. The molecule has 0 saturated carbocycles. The van der Waals surface area contributed by atoms with E-state index in [-0.39, 0.29) is 12.5 Å². The Bertz CT molecular complexity index is 511. The van der Waals surface area contributed by atoms with E-state index in [1.807, 2.05) is 30.3 Å². The smallest absolute Gasteiger partial charge is 0.239 e. The Labute approximate surface area is 114 Å². The highest BCUT2D eigenvalue weighted by molar-refractivity contribution is 9.10. The van der Waals surface area contributed by atoms with Gasteiger partial charge >= 0.3 is 0 Å².